The first-order valence-corrected chi connectivity index (χ1v) is 16.0. The summed E-state index contributed by atoms with van der Waals surface area (Å²) in [5, 5.41) is 7.62. The van der Waals surface area contributed by atoms with Crippen molar-refractivity contribution in [2.75, 3.05) is 36.5 Å². The zero-order valence-corrected chi connectivity index (χ0v) is 24.9. The molecule has 0 aromatic heterocycles. The molecular formula is C38H41N5. The van der Waals surface area contributed by atoms with Crippen LogP contribution in [-0.2, 0) is 0 Å². The molecule has 0 aliphatic carbocycles. The van der Waals surface area contributed by atoms with E-state index in [1.807, 2.05) is 0 Å². The monoisotopic (exact) mass is 567 g/mol. The van der Waals surface area contributed by atoms with Crippen LogP contribution < -0.4 is 20.4 Å². The molecule has 2 fully saturated rings. The van der Waals surface area contributed by atoms with E-state index in [0.717, 1.165) is 19.6 Å². The van der Waals surface area contributed by atoms with Crippen LogP contribution in [0, 0.1) is 5.92 Å². The second-order valence-electron chi connectivity index (χ2n) is 12.6. The molecule has 43 heavy (non-hydrogen) atoms. The summed E-state index contributed by atoms with van der Waals surface area (Å²) >= 11 is 0. The van der Waals surface area contributed by atoms with E-state index in [4.69, 9.17) is 0 Å². The van der Waals surface area contributed by atoms with Crippen molar-refractivity contribution in [1.82, 2.24) is 15.5 Å². The van der Waals surface area contributed by atoms with E-state index in [1.54, 1.807) is 0 Å². The van der Waals surface area contributed by atoms with Gasteiger partial charge in [0.25, 0.3) is 0 Å². The number of benzene rings is 4. The predicted molar refractivity (Wildman–Crippen MR) is 178 cm³/mol. The Hall–Kier alpha value is -3.90. The number of fused-ring (bicyclic) bond motifs is 4. The van der Waals surface area contributed by atoms with Gasteiger partial charge in [-0.25, -0.2) is 0 Å². The summed E-state index contributed by atoms with van der Waals surface area (Å²) < 4.78 is 0. The number of nitrogens with one attached hydrogen (secondary N) is 2. The highest BCUT2D eigenvalue weighted by Gasteiger charge is 2.41. The molecule has 4 aliphatic rings. The minimum absolute atomic E-state index is 0.282. The number of nitrogens with zero attached hydrogens (tertiary/aromatic N) is 3. The summed E-state index contributed by atoms with van der Waals surface area (Å²) in [5.74, 6) is 1.53. The second kappa shape index (κ2) is 11.3. The molecule has 5 unspecified atom stereocenters. The number of para-hydroxylation sites is 2. The molecule has 4 aromatic rings. The van der Waals surface area contributed by atoms with E-state index in [1.165, 1.54) is 58.8 Å². The molecule has 4 heterocycles. The third-order valence-corrected chi connectivity index (χ3v) is 10.2. The molecule has 4 aromatic carbocycles. The molecule has 8 rings (SSSR count). The molecule has 5 nitrogen and oxygen atoms in total. The third-order valence-electron chi connectivity index (χ3n) is 10.2. The normalized spacial score (nSPS) is 26.4. The number of anilines is 5. The lowest BCUT2D eigenvalue weighted by Crippen LogP contribution is -2.55. The maximum absolute atomic E-state index is 3.90. The maximum atomic E-state index is 3.90. The summed E-state index contributed by atoms with van der Waals surface area (Å²) in [5.41, 5.74) is 9.10. The molecule has 218 valence electrons. The van der Waals surface area contributed by atoms with Crippen molar-refractivity contribution in [3.05, 3.63) is 126 Å². The zero-order valence-electron chi connectivity index (χ0n) is 24.9. The summed E-state index contributed by atoms with van der Waals surface area (Å²) in [7, 11) is 2.26. The fraction of sp³-hybridized carbons (Fsp3) is 0.316. The number of hydrogen-bond acceptors (Lipinski definition) is 5. The van der Waals surface area contributed by atoms with Crippen LogP contribution in [0.5, 0.6) is 0 Å². The molecule has 0 amide bonds. The van der Waals surface area contributed by atoms with Gasteiger partial charge >= 0.3 is 0 Å². The van der Waals surface area contributed by atoms with Crippen LogP contribution in [0.3, 0.4) is 0 Å². The van der Waals surface area contributed by atoms with E-state index in [-0.39, 0.29) is 6.17 Å². The SMILES string of the molecule is CN1CCC(c2ccc(N3c4ccc(N(c5ccccc5)c5ccccc5)cc4C4CCCNC43)cc2)C2C=CCNC21. The van der Waals surface area contributed by atoms with Crippen molar-refractivity contribution >= 4 is 28.4 Å². The molecule has 0 bridgehead atoms. The van der Waals surface area contributed by atoms with Crippen molar-refractivity contribution < 1.29 is 0 Å². The summed E-state index contributed by atoms with van der Waals surface area (Å²) in [6, 6.07) is 38.1. The van der Waals surface area contributed by atoms with E-state index < -0.39 is 0 Å². The van der Waals surface area contributed by atoms with Crippen molar-refractivity contribution in [3.8, 4) is 0 Å². The summed E-state index contributed by atoms with van der Waals surface area (Å²) in [6.07, 6.45) is 9.09. The van der Waals surface area contributed by atoms with E-state index >= 15 is 0 Å². The lowest BCUT2D eigenvalue weighted by Gasteiger charge is -2.45. The van der Waals surface area contributed by atoms with Crippen molar-refractivity contribution in [1.29, 1.82) is 0 Å². The Labute approximate surface area is 255 Å². The van der Waals surface area contributed by atoms with Gasteiger partial charge in [0, 0.05) is 46.8 Å². The van der Waals surface area contributed by atoms with E-state index in [9.17, 15) is 0 Å². The van der Waals surface area contributed by atoms with Crippen molar-refractivity contribution in [3.63, 3.8) is 0 Å². The Balaban J connectivity index is 1.14. The van der Waals surface area contributed by atoms with Crippen molar-refractivity contribution in [2.24, 2.45) is 5.92 Å². The zero-order chi connectivity index (χ0) is 28.8. The predicted octanol–water partition coefficient (Wildman–Crippen LogP) is 7.62. The van der Waals surface area contributed by atoms with Crippen LogP contribution in [0.4, 0.5) is 28.4 Å². The van der Waals surface area contributed by atoms with Gasteiger partial charge in [0.05, 0.1) is 12.3 Å². The molecule has 5 atom stereocenters. The fourth-order valence-electron chi connectivity index (χ4n) is 8.12. The van der Waals surface area contributed by atoms with Gasteiger partial charge in [-0.3, -0.25) is 15.5 Å². The van der Waals surface area contributed by atoms with Gasteiger partial charge in [0.15, 0.2) is 0 Å². The molecule has 5 heteroatoms. The first-order chi connectivity index (χ1) is 21.3. The van der Waals surface area contributed by atoms with Crippen LogP contribution in [0.25, 0.3) is 0 Å². The molecule has 2 saturated heterocycles. The Bertz CT molecular complexity index is 1540. The first kappa shape index (κ1) is 26.7. The molecule has 0 spiro atoms. The van der Waals surface area contributed by atoms with Gasteiger partial charge in [0.1, 0.15) is 0 Å². The van der Waals surface area contributed by atoms with Gasteiger partial charge in [-0.05, 0) is 111 Å². The minimum atomic E-state index is 0.282. The van der Waals surface area contributed by atoms with E-state index in [0.29, 0.717) is 23.9 Å². The quantitative estimate of drug-likeness (QED) is 0.243. The summed E-state index contributed by atoms with van der Waals surface area (Å²) in [4.78, 5) is 7.44. The van der Waals surface area contributed by atoms with Crippen LogP contribution in [0.1, 0.15) is 42.2 Å². The molecule has 4 aliphatic heterocycles. The second-order valence-corrected chi connectivity index (χ2v) is 12.6. The number of likely N-dealkylation sites (tertiary alicyclic amines) is 1. The number of hydrogen-bond donors (Lipinski definition) is 2. The van der Waals surface area contributed by atoms with Gasteiger partial charge in [-0.15, -0.1) is 0 Å². The van der Waals surface area contributed by atoms with Gasteiger partial charge < -0.3 is 9.80 Å². The maximum Gasteiger partial charge on any atom is 0.0915 e. The van der Waals surface area contributed by atoms with Gasteiger partial charge in [-0.1, -0.05) is 60.7 Å². The highest BCUT2D eigenvalue weighted by atomic mass is 15.3. The molecular weight excluding hydrogens is 526 g/mol. The lowest BCUT2D eigenvalue weighted by molar-refractivity contribution is 0.0966. The average Bonchev–Trinajstić information content (AvgIpc) is 3.40. The molecule has 0 radical (unpaired) electrons. The summed E-state index contributed by atoms with van der Waals surface area (Å²) in [6.45, 7) is 3.17. The Morgan fingerprint density at radius 1 is 0.721 bits per heavy atom. The Kier molecular flexibility index (Phi) is 7.02. The van der Waals surface area contributed by atoms with Gasteiger partial charge in [0.2, 0.25) is 0 Å². The van der Waals surface area contributed by atoms with Crippen LogP contribution in [0.2, 0.25) is 0 Å². The average molecular weight is 568 g/mol. The lowest BCUT2D eigenvalue weighted by atomic mass is 9.77. The standard InChI is InChI=1S/C38H41N5/c1-41-25-22-32(33-14-8-23-39-37(33)41)27-16-18-30(19-17-27)43-36-21-20-31(26-35(36)34-15-9-24-40-38(34)43)42(28-10-4-2-5-11-28)29-12-6-3-7-13-29/h2-8,10-14,16-21,26,32-34,37-40H,9,15,22-25H2,1H3. The Morgan fingerprint density at radius 2 is 1.47 bits per heavy atom. The number of piperidine rings is 2. The first-order valence-electron chi connectivity index (χ1n) is 16.0. The third kappa shape index (κ3) is 4.76. The molecule has 2 N–H and O–H groups in total. The van der Waals surface area contributed by atoms with Crippen LogP contribution in [0.15, 0.2) is 115 Å². The Morgan fingerprint density at radius 3 is 2.21 bits per heavy atom. The van der Waals surface area contributed by atoms with Gasteiger partial charge in [-0.2, -0.15) is 0 Å². The van der Waals surface area contributed by atoms with Crippen molar-refractivity contribution in [2.45, 2.75) is 43.4 Å². The van der Waals surface area contributed by atoms with E-state index in [2.05, 4.69) is 148 Å². The van der Waals surface area contributed by atoms with Crippen LogP contribution >= 0.6 is 0 Å². The highest BCUT2D eigenvalue weighted by Crippen LogP contribution is 2.50. The largest absolute Gasteiger partial charge is 0.325 e. The fourth-order valence-corrected chi connectivity index (χ4v) is 8.12. The highest BCUT2D eigenvalue weighted by molar-refractivity contribution is 5.81. The number of rotatable bonds is 5. The molecule has 0 saturated carbocycles. The smallest absolute Gasteiger partial charge is 0.0915 e. The topological polar surface area (TPSA) is 33.8 Å². The minimum Gasteiger partial charge on any atom is -0.325 e. The van der Waals surface area contributed by atoms with Crippen LogP contribution in [-0.4, -0.2) is 43.9 Å².